The Balaban J connectivity index is 1.98. The van der Waals surface area contributed by atoms with Crippen LogP contribution in [0.15, 0.2) is 0 Å². The van der Waals surface area contributed by atoms with E-state index in [2.05, 4.69) is 19.2 Å². The normalized spacial score (nSPS) is 27.8. The summed E-state index contributed by atoms with van der Waals surface area (Å²) in [7, 11) is 0. The molecule has 0 aromatic heterocycles. The first-order valence-electron chi connectivity index (χ1n) is 7.98. The monoisotopic (exact) mass is 297 g/mol. The van der Waals surface area contributed by atoms with E-state index in [-0.39, 0.29) is 11.3 Å². The van der Waals surface area contributed by atoms with Crippen LogP contribution in [0.2, 0.25) is 0 Å². The largest absolute Gasteiger partial charge is 0.480 e. The summed E-state index contributed by atoms with van der Waals surface area (Å²) in [4.78, 5) is 23.9. The van der Waals surface area contributed by atoms with Crippen molar-refractivity contribution in [3.05, 3.63) is 0 Å². The van der Waals surface area contributed by atoms with E-state index in [1.807, 2.05) is 0 Å². The van der Waals surface area contributed by atoms with Crippen molar-refractivity contribution in [1.29, 1.82) is 0 Å². The number of carbonyl (C=O) groups excluding carboxylic acids is 1. The molecule has 1 amide bonds. The van der Waals surface area contributed by atoms with Crippen LogP contribution in [0, 0.1) is 11.3 Å². The van der Waals surface area contributed by atoms with E-state index >= 15 is 0 Å². The summed E-state index contributed by atoms with van der Waals surface area (Å²) >= 11 is 0. The molecule has 0 radical (unpaired) electrons. The smallest absolute Gasteiger partial charge is 0.329 e. The highest BCUT2D eigenvalue weighted by Crippen LogP contribution is 2.42. The minimum absolute atomic E-state index is 0.126. The van der Waals surface area contributed by atoms with E-state index in [1.165, 1.54) is 12.8 Å². The van der Waals surface area contributed by atoms with Crippen LogP contribution in [-0.4, -0.2) is 35.7 Å². The van der Waals surface area contributed by atoms with E-state index in [9.17, 15) is 14.7 Å². The fourth-order valence-corrected chi connectivity index (χ4v) is 3.60. The van der Waals surface area contributed by atoms with Gasteiger partial charge < -0.3 is 15.2 Å². The lowest BCUT2D eigenvalue weighted by Crippen LogP contribution is -2.57. The summed E-state index contributed by atoms with van der Waals surface area (Å²) in [5.74, 6) is -0.724. The molecule has 21 heavy (non-hydrogen) atoms. The maximum atomic E-state index is 12.4. The minimum atomic E-state index is -1.13. The Hall–Kier alpha value is -1.10. The van der Waals surface area contributed by atoms with Crippen LogP contribution in [0.3, 0.4) is 0 Å². The summed E-state index contributed by atoms with van der Waals surface area (Å²) in [6.07, 6.45) is 5.72. The lowest BCUT2D eigenvalue weighted by Gasteiger charge is -2.39. The van der Waals surface area contributed by atoms with E-state index < -0.39 is 11.5 Å². The van der Waals surface area contributed by atoms with Crippen LogP contribution in [0.4, 0.5) is 0 Å². The van der Waals surface area contributed by atoms with E-state index in [4.69, 9.17) is 4.74 Å². The highest BCUT2D eigenvalue weighted by atomic mass is 16.5. The summed E-state index contributed by atoms with van der Waals surface area (Å²) in [6, 6.07) is 0. The van der Waals surface area contributed by atoms with E-state index in [0.717, 1.165) is 12.8 Å². The molecule has 0 aromatic rings. The van der Waals surface area contributed by atoms with Crippen LogP contribution in [-0.2, 0) is 14.3 Å². The van der Waals surface area contributed by atoms with Gasteiger partial charge in [0.2, 0.25) is 5.91 Å². The van der Waals surface area contributed by atoms with E-state index in [0.29, 0.717) is 38.4 Å². The number of aliphatic carboxylic acids is 1. The molecule has 2 N–H and O–H groups in total. The topological polar surface area (TPSA) is 75.6 Å². The number of nitrogens with one attached hydrogen (secondary N) is 1. The first kappa shape index (κ1) is 16.3. The maximum Gasteiger partial charge on any atom is 0.329 e. The van der Waals surface area contributed by atoms with Crippen molar-refractivity contribution in [2.24, 2.45) is 11.3 Å². The Labute approximate surface area is 126 Å². The van der Waals surface area contributed by atoms with Crippen molar-refractivity contribution in [2.75, 3.05) is 13.2 Å². The molecule has 1 aliphatic carbocycles. The zero-order chi connectivity index (χ0) is 15.5. The molecule has 1 saturated carbocycles. The molecule has 0 bridgehead atoms. The van der Waals surface area contributed by atoms with Crippen molar-refractivity contribution >= 4 is 11.9 Å². The number of carboxylic acids is 1. The van der Waals surface area contributed by atoms with Gasteiger partial charge in [0.1, 0.15) is 5.54 Å². The van der Waals surface area contributed by atoms with Crippen LogP contribution in [0.5, 0.6) is 0 Å². The summed E-state index contributed by atoms with van der Waals surface area (Å²) in [5.41, 5.74) is -0.963. The lowest BCUT2D eigenvalue weighted by atomic mass is 9.67. The van der Waals surface area contributed by atoms with Gasteiger partial charge in [-0.25, -0.2) is 4.79 Å². The van der Waals surface area contributed by atoms with Crippen LogP contribution >= 0.6 is 0 Å². The second-order valence-electron chi connectivity index (χ2n) is 7.18. The fraction of sp³-hybridized carbons (Fsp3) is 0.875. The van der Waals surface area contributed by atoms with Gasteiger partial charge in [0.05, 0.1) is 0 Å². The van der Waals surface area contributed by atoms with Crippen LogP contribution in [0.1, 0.15) is 58.8 Å². The van der Waals surface area contributed by atoms with Crippen molar-refractivity contribution < 1.29 is 19.4 Å². The van der Waals surface area contributed by atoms with Crippen molar-refractivity contribution in [1.82, 2.24) is 5.32 Å². The molecule has 1 aliphatic heterocycles. The molecule has 1 atom stereocenters. The Morgan fingerprint density at radius 1 is 1.19 bits per heavy atom. The average Bonchev–Trinajstić information content (AvgIpc) is 2.42. The zero-order valence-corrected chi connectivity index (χ0v) is 13.1. The maximum absolute atomic E-state index is 12.4. The number of carbonyl (C=O) groups is 2. The third-order valence-corrected chi connectivity index (χ3v) is 5.30. The Morgan fingerprint density at radius 2 is 1.86 bits per heavy atom. The molecule has 2 fully saturated rings. The quantitative estimate of drug-likeness (QED) is 0.835. The number of ether oxygens (including phenoxy) is 1. The fourth-order valence-electron chi connectivity index (χ4n) is 3.60. The molecule has 1 heterocycles. The predicted molar refractivity (Wildman–Crippen MR) is 78.9 cm³/mol. The van der Waals surface area contributed by atoms with Gasteiger partial charge in [0, 0.05) is 32.5 Å². The van der Waals surface area contributed by atoms with Gasteiger partial charge in [0.15, 0.2) is 0 Å². The van der Waals surface area contributed by atoms with Gasteiger partial charge in [-0.15, -0.1) is 0 Å². The van der Waals surface area contributed by atoms with Crippen LogP contribution < -0.4 is 5.32 Å². The summed E-state index contributed by atoms with van der Waals surface area (Å²) < 4.78 is 5.22. The third-order valence-electron chi connectivity index (χ3n) is 5.30. The van der Waals surface area contributed by atoms with Crippen LogP contribution in [0.25, 0.3) is 0 Å². The SMILES string of the molecule is CC1(C)CCCCC1CC(=O)NC1(C(=O)O)CCOCC1. The number of hydrogen-bond donors (Lipinski definition) is 2. The minimum Gasteiger partial charge on any atom is -0.480 e. The molecular weight excluding hydrogens is 270 g/mol. The Bertz CT molecular complexity index is 399. The highest BCUT2D eigenvalue weighted by molar-refractivity contribution is 5.87. The first-order chi connectivity index (χ1) is 9.86. The molecule has 1 saturated heterocycles. The molecule has 1 unspecified atom stereocenters. The molecule has 5 nitrogen and oxygen atoms in total. The van der Waals surface area contributed by atoms with Gasteiger partial charge in [-0.3, -0.25) is 4.79 Å². The van der Waals surface area contributed by atoms with Gasteiger partial charge in [-0.05, 0) is 24.2 Å². The van der Waals surface area contributed by atoms with Gasteiger partial charge in [0.25, 0.3) is 0 Å². The number of rotatable bonds is 4. The summed E-state index contributed by atoms with van der Waals surface area (Å²) in [6.45, 7) is 5.21. The van der Waals surface area contributed by atoms with Crippen molar-refractivity contribution in [3.63, 3.8) is 0 Å². The van der Waals surface area contributed by atoms with Crippen molar-refractivity contribution in [2.45, 2.75) is 64.3 Å². The second-order valence-corrected chi connectivity index (χ2v) is 7.18. The molecule has 0 spiro atoms. The summed E-state index contributed by atoms with van der Waals surface area (Å²) in [5, 5.41) is 12.3. The van der Waals surface area contributed by atoms with Gasteiger partial charge in [-0.2, -0.15) is 0 Å². The molecule has 5 heteroatoms. The highest BCUT2D eigenvalue weighted by Gasteiger charge is 2.42. The van der Waals surface area contributed by atoms with Gasteiger partial charge >= 0.3 is 5.97 Å². The first-order valence-corrected chi connectivity index (χ1v) is 7.98. The second kappa shape index (κ2) is 6.34. The predicted octanol–water partition coefficient (Wildman–Crippen LogP) is 2.34. The number of amides is 1. The van der Waals surface area contributed by atoms with E-state index in [1.54, 1.807) is 0 Å². The number of hydrogen-bond acceptors (Lipinski definition) is 3. The Morgan fingerprint density at radius 3 is 2.43 bits per heavy atom. The van der Waals surface area contributed by atoms with Crippen molar-refractivity contribution in [3.8, 4) is 0 Å². The zero-order valence-electron chi connectivity index (χ0n) is 13.1. The molecular formula is C16H27NO4. The average molecular weight is 297 g/mol. The molecule has 0 aromatic carbocycles. The molecule has 120 valence electrons. The molecule has 2 aliphatic rings. The van der Waals surface area contributed by atoms with Gasteiger partial charge in [-0.1, -0.05) is 26.7 Å². The lowest BCUT2D eigenvalue weighted by molar-refractivity contribution is -0.152. The third kappa shape index (κ3) is 3.76. The Kier molecular flexibility index (Phi) is 4.91. The number of carboxylic acid groups (broad SMARTS) is 1. The standard InChI is InChI=1S/C16H27NO4/c1-15(2)6-4-3-5-12(15)11-13(18)17-16(14(19)20)7-9-21-10-8-16/h12H,3-11H2,1-2H3,(H,17,18)(H,19,20). The molecule has 2 rings (SSSR count).